The molecule has 0 radical (unpaired) electrons. The second-order valence-electron chi connectivity index (χ2n) is 6.52. The summed E-state index contributed by atoms with van der Waals surface area (Å²) < 4.78 is 18.7. The summed E-state index contributed by atoms with van der Waals surface area (Å²) in [4.78, 5) is 17.6. The Labute approximate surface area is 154 Å². The van der Waals surface area contributed by atoms with Crippen molar-refractivity contribution in [3.63, 3.8) is 0 Å². The summed E-state index contributed by atoms with van der Waals surface area (Å²) in [5, 5.41) is 3.08. The molecule has 4 heteroatoms. The Hall–Kier alpha value is -3.53. The van der Waals surface area contributed by atoms with Crippen molar-refractivity contribution in [3.05, 3.63) is 95.1 Å². The lowest BCUT2D eigenvalue weighted by atomic mass is 9.99. The van der Waals surface area contributed by atoms with Gasteiger partial charge >= 0.3 is 0 Å². The van der Waals surface area contributed by atoms with Crippen LogP contribution in [0.2, 0.25) is 0 Å². The fourth-order valence-electron chi connectivity index (χ4n) is 3.42. The minimum Gasteiger partial charge on any atom is -0.483 e. The zero-order chi connectivity index (χ0) is 18.4. The van der Waals surface area contributed by atoms with Gasteiger partial charge in [0.25, 0.3) is 0 Å². The molecule has 1 aliphatic heterocycles. The molecule has 5 rings (SSSR count). The standard InChI is InChI=1S/C23H14FNO2/c24-17-9-5-14(6-10-17)11-21-23(26)19-12-16-8-7-15-3-1-2-4-18(15)22(16)25-20(19)13-27-21/h1-12H,13H2/b21-11-. The van der Waals surface area contributed by atoms with E-state index in [0.717, 1.165) is 21.7 Å². The van der Waals surface area contributed by atoms with Crippen molar-refractivity contribution in [2.24, 2.45) is 0 Å². The van der Waals surface area contributed by atoms with Crippen molar-refractivity contribution in [1.82, 2.24) is 4.98 Å². The highest BCUT2D eigenvalue weighted by molar-refractivity contribution is 6.14. The molecule has 0 saturated heterocycles. The Morgan fingerprint density at radius 2 is 1.74 bits per heavy atom. The number of Topliss-reactive ketones (excluding diaryl/α,β-unsaturated/α-hetero) is 1. The predicted molar refractivity (Wildman–Crippen MR) is 103 cm³/mol. The van der Waals surface area contributed by atoms with E-state index in [1.807, 2.05) is 42.5 Å². The lowest BCUT2D eigenvalue weighted by Crippen LogP contribution is -2.18. The number of aromatic nitrogens is 1. The van der Waals surface area contributed by atoms with Crippen LogP contribution in [-0.2, 0) is 11.3 Å². The van der Waals surface area contributed by atoms with Gasteiger partial charge in [0.2, 0.25) is 5.78 Å². The molecule has 0 amide bonds. The van der Waals surface area contributed by atoms with Crippen LogP contribution in [0.15, 0.2) is 72.5 Å². The Bertz CT molecular complexity index is 1240. The summed E-state index contributed by atoms with van der Waals surface area (Å²) in [6.45, 7) is 0.229. The van der Waals surface area contributed by atoms with Crippen molar-refractivity contribution in [1.29, 1.82) is 0 Å². The van der Waals surface area contributed by atoms with E-state index in [1.54, 1.807) is 18.2 Å². The summed E-state index contributed by atoms with van der Waals surface area (Å²) in [6.07, 6.45) is 1.63. The van der Waals surface area contributed by atoms with Gasteiger partial charge in [-0.25, -0.2) is 9.37 Å². The van der Waals surface area contributed by atoms with Crippen LogP contribution in [0.5, 0.6) is 0 Å². The molecular weight excluding hydrogens is 341 g/mol. The number of nitrogens with zero attached hydrogens (tertiary/aromatic N) is 1. The zero-order valence-electron chi connectivity index (χ0n) is 14.3. The van der Waals surface area contributed by atoms with E-state index in [2.05, 4.69) is 0 Å². The number of benzene rings is 3. The Kier molecular flexibility index (Phi) is 3.50. The number of ether oxygens (including phenoxy) is 1. The number of hydrogen-bond donors (Lipinski definition) is 0. The number of fused-ring (bicyclic) bond motifs is 4. The average molecular weight is 355 g/mol. The molecule has 130 valence electrons. The fourth-order valence-corrected chi connectivity index (χ4v) is 3.42. The van der Waals surface area contributed by atoms with Gasteiger partial charge in [0.15, 0.2) is 5.76 Å². The van der Waals surface area contributed by atoms with Gasteiger partial charge < -0.3 is 4.74 Å². The largest absolute Gasteiger partial charge is 0.483 e. The van der Waals surface area contributed by atoms with E-state index >= 15 is 0 Å². The molecule has 3 nitrogen and oxygen atoms in total. The van der Waals surface area contributed by atoms with Gasteiger partial charge in [0.05, 0.1) is 16.8 Å². The lowest BCUT2D eigenvalue weighted by molar-refractivity contribution is 0.0866. The van der Waals surface area contributed by atoms with Gasteiger partial charge in [0.1, 0.15) is 12.4 Å². The molecule has 27 heavy (non-hydrogen) atoms. The van der Waals surface area contributed by atoms with Crippen LogP contribution < -0.4 is 0 Å². The van der Waals surface area contributed by atoms with Crippen LogP contribution in [0.1, 0.15) is 21.6 Å². The number of carbonyl (C=O) groups is 1. The van der Waals surface area contributed by atoms with Gasteiger partial charge in [-0.05, 0) is 35.2 Å². The first-order valence-electron chi connectivity index (χ1n) is 8.65. The number of allylic oxidation sites excluding steroid dienone is 1. The number of halogens is 1. The van der Waals surface area contributed by atoms with E-state index in [9.17, 15) is 9.18 Å². The summed E-state index contributed by atoms with van der Waals surface area (Å²) in [5.74, 6) is -0.277. The average Bonchev–Trinajstić information content (AvgIpc) is 2.70. The number of pyridine rings is 1. The van der Waals surface area contributed by atoms with Gasteiger partial charge in [-0.3, -0.25) is 4.79 Å². The molecule has 1 aromatic heterocycles. The second-order valence-corrected chi connectivity index (χ2v) is 6.52. The first-order chi connectivity index (χ1) is 13.2. The molecule has 1 aliphatic rings. The van der Waals surface area contributed by atoms with Crippen molar-refractivity contribution in [2.45, 2.75) is 6.61 Å². The quantitative estimate of drug-likeness (QED) is 0.344. The van der Waals surface area contributed by atoms with Crippen molar-refractivity contribution in [3.8, 4) is 0 Å². The molecule has 3 aromatic carbocycles. The minimum atomic E-state index is -0.318. The molecule has 0 atom stereocenters. The molecule has 0 saturated carbocycles. The molecule has 4 aromatic rings. The molecule has 0 N–H and O–H groups in total. The summed E-state index contributed by atoms with van der Waals surface area (Å²) in [5.41, 5.74) is 2.77. The first-order valence-corrected chi connectivity index (χ1v) is 8.65. The fraction of sp³-hybridized carbons (Fsp3) is 0.0435. The highest BCUT2D eigenvalue weighted by Gasteiger charge is 2.25. The van der Waals surface area contributed by atoms with E-state index < -0.39 is 0 Å². The molecule has 0 aliphatic carbocycles. The third kappa shape index (κ3) is 2.66. The van der Waals surface area contributed by atoms with Crippen molar-refractivity contribution in [2.75, 3.05) is 0 Å². The van der Waals surface area contributed by atoms with Crippen LogP contribution in [-0.4, -0.2) is 10.8 Å². The third-order valence-corrected chi connectivity index (χ3v) is 4.79. The van der Waals surface area contributed by atoms with Gasteiger partial charge in [-0.15, -0.1) is 0 Å². The second kappa shape index (κ2) is 6.02. The molecule has 0 spiro atoms. The van der Waals surface area contributed by atoms with Crippen molar-refractivity contribution >= 4 is 33.5 Å². The van der Waals surface area contributed by atoms with Crippen LogP contribution >= 0.6 is 0 Å². The smallest absolute Gasteiger partial charge is 0.229 e. The Morgan fingerprint density at radius 1 is 0.963 bits per heavy atom. The molecular formula is C23H14FNO2. The predicted octanol–water partition coefficient (Wildman–Crippen LogP) is 5.28. The van der Waals surface area contributed by atoms with Crippen LogP contribution in [0, 0.1) is 5.82 Å². The summed E-state index contributed by atoms with van der Waals surface area (Å²) in [7, 11) is 0. The molecule has 0 unspecified atom stereocenters. The van der Waals surface area contributed by atoms with Crippen LogP contribution in [0.3, 0.4) is 0 Å². The topological polar surface area (TPSA) is 39.2 Å². The van der Waals surface area contributed by atoms with E-state index in [4.69, 9.17) is 9.72 Å². The first kappa shape index (κ1) is 15.7. The lowest BCUT2D eigenvalue weighted by Gasteiger charge is -2.19. The molecule has 2 heterocycles. The SMILES string of the molecule is O=C1/C(=C/c2ccc(F)cc2)OCc2nc3c(ccc4ccccc43)cc21. The maximum absolute atomic E-state index is 13.1. The number of hydrogen-bond acceptors (Lipinski definition) is 3. The Morgan fingerprint density at radius 3 is 2.59 bits per heavy atom. The summed E-state index contributed by atoms with van der Waals surface area (Å²) >= 11 is 0. The van der Waals surface area contributed by atoms with E-state index in [-0.39, 0.29) is 24.0 Å². The summed E-state index contributed by atoms with van der Waals surface area (Å²) in [6, 6.07) is 19.9. The van der Waals surface area contributed by atoms with E-state index in [1.165, 1.54) is 12.1 Å². The normalized spacial score (nSPS) is 15.1. The maximum atomic E-state index is 13.1. The Balaban J connectivity index is 1.62. The highest BCUT2D eigenvalue weighted by Crippen LogP contribution is 2.30. The molecule has 0 bridgehead atoms. The van der Waals surface area contributed by atoms with Gasteiger partial charge in [-0.2, -0.15) is 0 Å². The monoisotopic (exact) mass is 355 g/mol. The van der Waals surface area contributed by atoms with Crippen LogP contribution in [0.4, 0.5) is 4.39 Å². The number of carbonyl (C=O) groups excluding carboxylic acids is 1. The van der Waals surface area contributed by atoms with Gasteiger partial charge in [-0.1, -0.05) is 48.5 Å². The molecule has 0 fully saturated rings. The number of rotatable bonds is 1. The third-order valence-electron chi connectivity index (χ3n) is 4.79. The maximum Gasteiger partial charge on any atom is 0.229 e. The van der Waals surface area contributed by atoms with Gasteiger partial charge in [0, 0.05) is 10.8 Å². The van der Waals surface area contributed by atoms with Crippen molar-refractivity contribution < 1.29 is 13.9 Å². The zero-order valence-corrected chi connectivity index (χ0v) is 14.3. The number of ketones is 1. The highest BCUT2D eigenvalue weighted by atomic mass is 19.1. The van der Waals surface area contributed by atoms with Crippen LogP contribution in [0.25, 0.3) is 27.8 Å². The minimum absolute atomic E-state index is 0.205. The van der Waals surface area contributed by atoms with E-state index in [0.29, 0.717) is 16.8 Å².